The van der Waals surface area contributed by atoms with E-state index in [9.17, 15) is 4.79 Å². The molecule has 30 heavy (non-hydrogen) atoms. The van der Waals surface area contributed by atoms with Crippen LogP contribution in [0.25, 0.3) is 0 Å². The normalized spacial score (nSPS) is 14.3. The molecule has 0 saturated carbocycles. The van der Waals surface area contributed by atoms with Gasteiger partial charge in [-0.25, -0.2) is 4.98 Å². The second-order valence-corrected chi connectivity index (χ2v) is 8.95. The zero-order valence-electron chi connectivity index (χ0n) is 17.3. The minimum absolute atomic E-state index is 0.00965. The van der Waals surface area contributed by atoms with Crippen molar-refractivity contribution < 1.29 is 9.21 Å². The second-order valence-electron chi connectivity index (χ2n) is 7.17. The Labute approximate surface area is 184 Å². The number of aromatic nitrogens is 4. The summed E-state index contributed by atoms with van der Waals surface area (Å²) in [6.07, 6.45) is 5.33. The van der Waals surface area contributed by atoms with Gasteiger partial charge in [-0.3, -0.25) is 14.3 Å². The van der Waals surface area contributed by atoms with Crippen LogP contribution in [0.2, 0.25) is 0 Å². The van der Waals surface area contributed by atoms with Crippen molar-refractivity contribution in [1.82, 2.24) is 19.7 Å². The summed E-state index contributed by atoms with van der Waals surface area (Å²) in [5.74, 6) is 2.46. The molecule has 1 fully saturated rings. The summed E-state index contributed by atoms with van der Waals surface area (Å²) in [7, 11) is 0. The lowest BCUT2D eigenvalue weighted by Gasteiger charge is -2.27. The number of amides is 1. The first-order valence-electron chi connectivity index (χ1n) is 10.2. The van der Waals surface area contributed by atoms with Crippen molar-refractivity contribution in [1.29, 1.82) is 0 Å². The summed E-state index contributed by atoms with van der Waals surface area (Å²) in [5.41, 5.74) is 0.937. The molecule has 0 atom stereocenters. The maximum Gasteiger partial charge on any atom is 0.228 e. The molecular weight excluding hydrogens is 420 g/mol. The van der Waals surface area contributed by atoms with Crippen LogP contribution in [0.3, 0.4) is 0 Å². The molecule has 160 valence electrons. The van der Waals surface area contributed by atoms with Crippen LogP contribution in [0, 0.1) is 0 Å². The van der Waals surface area contributed by atoms with E-state index in [-0.39, 0.29) is 5.91 Å². The summed E-state index contributed by atoms with van der Waals surface area (Å²) in [5, 5.41) is 12.6. The van der Waals surface area contributed by atoms with Gasteiger partial charge in [-0.15, -0.1) is 21.5 Å². The summed E-state index contributed by atoms with van der Waals surface area (Å²) < 4.78 is 7.71. The quantitative estimate of drug-likeness (QED) is 0.483. The predicted molar refractivity (Wildman–Crippen MR) is 119 cm³/mol. The molecule has 10 heteroatoms. The molecule has 1 aliphatic heterocycles. The van der Waals surface area contributed by atoms with Crippen molar-refractivity contribution in [2.75, 3.05) is 29.4 Å². The van der Waals surface area contributed by atoms with Crippen molar-refractivity contribution in [2.24, 2.45) is 0 Å². The van der Waals surface area contributed by atoms with Crippen molar-refractivity contribution in [3.63, 3.8) is 0 Å². The predicted octanol–water partition coefficient (Wildman–Crippen LogP) is 4.03. The molecule has 4 rings (SSSR count). The molecule has 0 aliphatic carbocycles. The van der Waals surface area contributed by atoms with Gasteiger partial charge < -0.3 is 9.32 Å². The topological polar surface area (TPSA) is 80.3 Å². The van der Waals surface area contributed by atoms with E-state index >= 15 is 0 Å². The minimum Gasteiger partial charge on any atom is -0.467 e. The number of nitrogens with zero attached hydrogens (tertiary/aromatic N) is 6. The van der Waals surface area contributed by atoms with Crippen LogP contribution in [0.1, 0.15) is 44.6 Å². The SMILES string of the molecule is CCN(C(C)=O)c1nc(CSc2nnc(N3CCCCC3)n2Cc2ccco2)cs1. The van der Waals surface area contributed by atoms with Crippen molar-refractivity contribution >= 4 is 40.1 Å². The monoisotopic (exact) mass is 446 g/mol. The summed E-state index contributed by atoms with van der Waals surface area (Å²) in [6.45, 7) is 6.76. The number of piperidine rings is 1. The first kappa shape index (κ1) is 20.9. The molecule has 0 aromatic carbocycles. The van der Waals surface area contributed by atoms with Gasteiger partial charge in [-0.05, 0) is 38.3 Å². The molecule has 1 amide bonds. The van der Waals surface area contributed by atoms with Gasteiger partial charge in [0.15, 0.2) is 10.3 Å². The third-order valence-corrected chi connectivity index (χ3v) is 6.96. The van der Waals surface area contributed by atoms with Gasteiger partial charge in [0.25, 0.3) is 0 Å². The van der Waals surface area contributed by atoms with Crippen molar-refractivity contribution in [3.05, 3.63) is 35.2 Å². The highest BCUT2D eigenvalue weighted by atomic mass is 32.2. The molecule has 0 N–H and O–H groups in total. The average molecular weight is 447 g/mol. The fourth-order valence-electron chi connectivity index (χ4n) is 3.53. The maximum absolute atomic E-state index is 11.8. The molecule has 3 aromatic rings. The molecule has 0 unspecified atom stereocenters. The number of carbonyl (C=O) groups is 1. The van der Waals surface area contributed by atoms with E-state index in [1.807, 2.05) is 24.4 Å². The zero-order chi connectivity index (χ0) is 20.9. The van der Waals surface area contributed by atoms with E-state index in [0.29, 0.717) is 18.8 Å². The van der Waals surface area contributed by atoms with Crippen molar-refractivity contribution in [3.8, 4) is 0 Å². The van der Waals surface area contributed by atoms with Crippen molar-refractivity contribution in [2.45, 2.75) is 50.6 Å². The highest BCUT2D eigenvalue weighted by Gasteiger charge is 2.22. The number of thioether (sulfide) groups is 1. The number of rotatable bonds is 8. The highest BCUT2D eigenvalue weighted by Crippen LogP contribution is 2.29. The Bertz CT molecular complexity index is 962. The van der Waals surface area contributed by atoms with E-state index in [4.69, 9.17) is 4.42 Å². The smallest absolute Gasteiger partial charge is 0.228 e. The second kappa shape index (κ2) is 9.65. The molecule has 1 saturated heterocycles. The third-order valence-electron chi connectivity index (χ3n) is 5.05. The van der Waals surface area contributed by atoms with Crippen LogP contribution in [-0.2, 0) is 17.1 Å². The van der Waals surface area contributed by atoms with Gasteiger partial charge in [-0.1, -0.05) is 11.8 Å². The van der Waals surface area contributed by atoms with Crippen LogP contribution in [-0.4, -0.2) is 45.3 Å². The Morgan fingerprint density at radius 1 is 1.30 bits per heavy atom. The van der Waals surface area contributed by atoms with Gasteiger partial charge in [0, 0.05) is 37.7 Å². The molecule has 0 spiro atoms. The Hall–Kier alpha value is -2.33. The Balaban J connectivity index is 1.51. The Morgan fingerprint density at radius 2 is 2.13 bits per heavy atom. The maximum atomic E-state index is 11.8. The van der Waals surface area contributed by atoms with Crippen LogP contribution >= 0.6 is 23.1 Å². The van der Waals surface area contributed by atoms with Gasteiger partial charge in [-0.2, -0.15) is 0 Å². The summed E-state index contributed by atoms with van der Waals surface area (Å²) in [6, 6.07) is 3.88. The van der Waals surface area contributed by atoms with E-state index in [1.165, 1.54) is 30.6 Å². The molecule has 0 radical (unpaired) electrons. The molecule has 3 aromatic heterocycles. The number of hydrogen-bond acceptors (Lipinski definition) is 8. The molecule has 4 heterocycles. The number of hydrogen-bond donors (Lipinski definition) is 0. The zero-order valence-corrected chi connectivity index (χ0v) is 18.9. The van der Waals surface area contributed by atoms with Gasteiger partial charge in [0.1, 0.15) is 5.76 Å². The fourth-order valence-corrected chi connectivity index (χ4v) is 5.39. The lowest BCUT2D eigenvalue weighted by atomic mass is 10.1. The third kappa shape index (κ3) is 4.70. The number of furan rings is 1. The number of anilines is 2. The van der Waals surface area contributed by atoms with E-state index in [2.05, 4.69) is 24.6 Å². The van der Waals surface area contributed by atoms with Gasteiger partial charge in [0.05, 0.1) is 18.5 Å². The lowest BCUT2D eigenvalue weighted by molar-refractivity contribution is -0.116. The van der Waals surface area contributed by atoms with Gasteiger partial charge in [0.2, 0.25) is 11.9 Å². The molecule has 0 bridgehead atoms. The van der Waals surface area contributed by atoms with Crippen LogP contribution < -0.4 is 9.80 Å². The van der Waals surface area contributed by atoms with Gasteiger partial charge >= 0.3 is 0 Å². The lowest BCUT2D eigenvalue weighted by Crippen LogP contribution is -2.32. The fraction of sp³-hybridized carbons (Fsp3) is 0.500. The summed E-state index contributed by atoms with van der Waals surface area (Å²) >= 11 is 3.11. The van der Waals surface area contributed by atoms with Crippen LogP contribution in [0.4, 0.5) is 11.1 Å². The Kier molecular flexibility index (Phi) is 6.73. The highest BCUT2D eigenvalue weighted by molar-refractivity contribution is 7.98. The molecule has 8 nitrogen and oxygen atoms in total. The first-order valence-corrected chi connectivity index (χ1v) is 12.1. The number of thiazole rings is 1. The van der Waals surface area contributed by atoms with E-state index in [0.717, 1.165) is 40.8 Å². The first-order chi connectivity index (χ1) is 14.7. The van der Waals surface area contributed by atoms with E-state index < -0.39 is 0 Å². The average Bonchev–Trinajstić information content (AvgIpc) is 3.50. The number of carbonyl (C=O) groups excluding carboxylic acids is 1. The van der Waals surface area contributed by atoms with Crippen LogP contribution in [0.15, 0.2) is 33.3 Å². The van der Waals surface area contributed by atoms with E-state index in [1.54, 1.807) is 29.8 Å². The largest absolute Gasteiger partial charge is 0.467 e. The van der Waals surface area contributed by atoms with Crippen LogP contribution in [0.5, 0.6) is 0 Å². The summed E-state index contributed by atoms with van der Waals surface area (Å²) in [4.78, 5) is 20.4. The Morgan fingerprint density at radius 3 is 2.83 bits per heavy atom. The standard InChI is InChI=1S/C20H26N6O2S2/c1-3-25(15(2)27)19-21-16(13-29-19)14-30-20-23-22-18(24-9-5-4-6-10-24)26(20)12-17-8-7-11-28-17/h7-8,11,13H,3-6,9-10,12,14H2,1-2H3. The molecular formula is C20H26N6O2S2. The minimum atomic E-state index is 0.00965. The molecule has 1 aliphatic rings.